The van der Waals surface area contributed by atoms with Gasteiger partial charge in [-0.15, -0.1) is 0 Å². The van der Waals surface area contributed by atoms with E-state index in [-0.39, 0.29) is 5.91 Å². The Labute approximate surface area is 147 Å². The predicted molar refractivity (Wildman–Crippen MR) is 95.3 cm³/mol. The Morgan fingerprint density at radius 1 is 1.00 bits per heavy atom. The Kier molecular flexibility index (Phi) is 4.34. The Bertz CT molecular complexity index is 734. The first-order valence-electron chi connectivity index (χ1n) is 8.95. The standard InChI is InChI=1S/C19H23N5O/c1-14-4-2-7-20-17(14)18(25)24-12-15-5-10-23(11-6-16(15)13-24)19-21-8-3-9-22-19/h2-4,7-9,15-16H,5-6,10-13H2,1H3/t15-,16+. The fourth-order valence-corrected chi connectivity index (χ4v) is 4.03. The summed E-state index contributed by atoms with van der Waals surface area (Å²) < 4.78 is 0. The summed E-state index contributed by atoms with van der Waals surface area (Å²) in [6.45, 7) is 5.53. The number of aromatic nitrogens is 3. The zero-order chi connectivity index (χ0) is 17.2. The lowest BCUT2D eigenvalue weighted by Crippen LogP contribution is -2.32. The van der Waals surface area contributed by atoms with E-state index in [4.69, 9.17) is 0 Å². The zero-order valence-electron chi connectivity index (χ0n) is 14.5. The van der Waals surface area contributed by atoms with Crippen LogP contribution in [0.2, 0.25) is 0 Å². The molecule has 4 rings (SSSR count). The minimum atomic E-state index is 0.0782. The monoisotopic (exact) mass is 337 g/mol. The number of aryl methyl sites for hydroxylation is 1. The summed E-state index contributed by atoms with van der Waals surface area (Å²) in [5, 5.41) is 0. The second-order valence-corrected chi connectivity index (χ2v) is 7.01. The van der Waals surface area contributed by atoms with Gasteiger partial charge in [-0.05, 0) is 49.3 Å². The van der Waals surface area contributed by atoms with Gasteiger partial charge in [0.05, 0.1) is 0 Å². The molecule has 0 spiro atoms. The number of carbonyl (C=O) groups excluding carboxylic acids is 1. The summed E-state index contributed by atoms with van der Waals surface area (Å²) in [5.41, 5.74) is 1.55. The fourth-order valence-electron chi connectivity index (χ4n) is 4.03. The number of likely N-dealkylation sites (tertiary alicyclic amines) is 1. The quantitative estimate of drug-likeness (QED) is 0.840. The summed E-state index contributed by atoms with van der Waals surface area (Å²) in [6, 6.07) is 5.67. The normalized spacial score (nSPS) is 23.2. The molecule has 2 aliphatic rings. The van der Waals surface area contributed by atoms with Crippen molar-refractivity contribution in [2.75, 3.05) is 31.1 Å². The molecule has 6 nitrogen and oxygen atoms in total. The highest BCUT2D eigenvalue weighted by Crippen LogP contribution is 2.33. The molecule has 0 unspecified atom stereocenters. The summed E-state index contributed by atoms with van der Waals surface area (Å²) in [4.78, 5) is 30.1. The fraction of sp³-hybridized carbons (Fsp3) is 0.474. The van der Waals surface area contributed by atoms with Gasteiger partial charge in [-0.3, -0.25) is 9.78 Å². The van der Waals surface area contributed by atoms with Crippen LogP contribution in [0.5, 0.6) is 0 Å². The second-order valence-electron chi connectivity index (χ2n) is 7.01. The molecule has 4 heterocycles. The number of nitrogens with zero attached hydrogens (tertiary/aromatic N) is 5. The maximum atomic E-state index is 12.8. The maximum Gasteiger partial charge on any atom is 0.272 e. The van der Waals surface area contributed by atoms with E-state index >= 15 is 0 Å². The van der Waals surface area contributed by atoms with Crippen LogP contribution in [0.3, 0.4) is 0 Å². The molecule has 0 N–H and O–H groups in total. The van der Waals surface area contributed by atoms with Crippen LogP contribution in [0.4, 0.5) is 5.95 Å². The molecule has 1 amide bonds. The molecule has 25 heavy (non-hydrogen) atoms. The first-order chi connectivity index (χ1) is 12.2. The van der Waals surface area contributed by atoms with Crippen LogP contribution in [-0.2, 0) is 0 Å². The van der Waals surface area contributed by atoms with Gasteiger partial charge in [0.15, 0.2) is 0 Å². The number of hydrogen-bond acceptors (Lipinski definition) is 5. The van der Waals surface area contributed by atoms with Gasteiger partial charge in [0.2, 0.25) is 5.95 Å². The SMILES string of the molecule is Cc1cccnc1C(=O)N1C[C@H]2CCN(c3ncccn3)CC[C@H]2C1. The molecule has 2 fully saturated rings. The summed E-state index contributed by atoms with van der Waals surface area (Å²) in [6.07, 6.45) is 7.45. The minimum absolute atomic E-state index is 0.0782. The van der Waals surface area contributed by atoms with Gasteiger partial charge in [-0.2, -0.15) is 0 Å². The number of anilines is 1. The molecule has 2 saturated heterocycles. The molecular formula is C19H23N5O. The predicted octanol–water partition coefficient (Wildman–Crippen LogP) is 2.17. The number of pyridine rings is 1. The van der Waals surface area contributed by atoms with Gasteiger partial charge < -0.3 is 9.80 Å². The number of carbonyl (C=O) groups is 1. The van der Waals surface area contributed by atoms with Crippen LogP contribution in [0, 0.1) is 18.8 Å². The van der Waals surface area contributed by atoms with Crippen molar-refractivity contribution in [3.05, 3.63) is 48.0 Å². The van der Waals surface area contributed by atoms with Crippen molar-refractivity contribution in [3.63, 3.8) is 0 Å². The molecule has 130 valence electrons. The molecule has 6 heteroatoms. The van der Waals surface area contributed by atoms with Crippen LogP contribution >= 0.6 is 0 Å². The smallest absolute Gasteiger partial charge is 0.272 e. The van der Waals surface area contributed by atoms with Crippen molar-refractivity contribution in [2.24, 2.45) is 11.8 Å². The number of rotatable bonds is 2. The van der Waals surface area contributed by atoms with Gasteiger partial charge in [0, 0.05) is 44.8 Å². The van der Waals surface area contributed by atoms with Crippen LogP contribution < -0.4 is 4.90 Å². The van der Waals surface area contributed by atoms with E-state index < -0.39 is 0 Å². The van der Waals surface area contributed by atoms with Crippen molar-refractivity contribution in [1.82, 2.24) is 19.9 Å². The lowest BCUT2D eigenvalue weighted by atomic mass is 9.92. The first kappa shape index (κ1) is 16.0. The lowest BCUT2D eigenvalue weighted by Gasteiger charge is -2.22. The average Bonchev–Trinajstić information content (AvgIpc) is 2.95. The molecule has 0 bridgehead atoms. The highest BCUT2D eigenvalue weighted by molar-refractivity contribution is 5.93. The lowest BCUT2D eigenvalue weighted by molar-refractivity contribution is 0.0776. The Morgan fingerprint density at radius 3 is 2.28 bits per heavy atom. The molecule has 0 radical (unpaired) electrons. The van der Waals surface area contributed by atoms with Gasteiger partial charge in [-0.25, -0.2) is 9.97 Å². The van der Waals surface area contributed by atoms with Gasteiger partial charge in [0.25, 0.3) is 5.91 Å². The first-order valence-corrected chi connectivity index (χ1v) is 8.95. The summed E-state index contributed by atoms with van der Waals surface area (Å²) in [5.74, 6) is 2.01. The largest absolute Gasteiger partial charge is 0.341 e. The molecular weight excluding hydrogens is 314 g/mol. The van der Waals surface area contributed by atoms with Crippen molar-refractivity contribution in [1.29, 1.82) is 0 Å². The van der Waals surface area contributed by atoms with Gasteiger partial charge in [0.1, 0.15) is 5.69 Å². The van der Waals surface area contributed by atoms with Crippen molar-refractivity contribution in [2.45, 2.75) is 19.8 Å². The molecule has 0 saturated carbocycles. The van der Waals surface area contributed by atoms with E-state index in [1.165, 1.54) is 0 Å². The van der Waals surface area contributed by atoms with Crippen molar-refractivity contribution >= 4 is 11.9 Å². The Morgan fingerprint density at radius 2 is 1.64 bits per heavy atom. The third-order valence-corrected chi connectivity index (χ3v) is 5.45. The minimum Gasteiger partial charge on any atom is -0.341 e. The van der Waals surface area contributed by atoms with Gasteiger partial charge in [-0.1, -0.05) is 6.07 Å². The van der Waals surface area contributed by atoms with E-state index in [9.17, 15) is 4.79 Å². The Hall–Kier alpha value is -2.50. The second kappa shape index (κ2) is 6.78. The summed E-state index contributed by atoms with van der Waals surface area (Å²) in [7, 11) is 0. The van der Waals surface area contributed by atoms with Gasteiger partial charge >= 0.3 is 0 Å². The molecule has 0 aromatic carbocycles. The maximum absolute atomic E-state index is 12.8. The number of hydrogen-bond donors (Lipinski definition) is 0. The van der Waals surface area contributed by atoms with E-state index in [1.54, 1.807) is 18.6 Å². The molecule has 2 atom stereocenters. The third kappa shape index (κ3) is 3.21. The van der Waals surface area contributed by atoms with Crippen molar-refractivity contribution in [3.8, 4) is 0 Å². The van der Waals surface area contributed by atoms with Crippen LogP contribution in [0.15, 0.2) is 36.8 Å². The molecule has 0 aliphatic carbocycles. The van der Waals surface area contributed by atoms with E-state index in [0.717, 1.165) is 50.5 Å². The zero-order valence-corrected chi connectivity index (χ0v) is 14.5. The Balaban J connectivity index is 1.42. The van der Waals surface area contributed by atoms with Crippen LogP contribution in [0.1, 0.15) is 28.9 Å². The molecule has 2 aromatic heterocycles. The number of fused-ring (bicyclic) bond motifs is 1. The average molecular weight is 337 g/mol. The third-order valence-electron chi connectivity index (χ3n) is 5.45. The number of amides is 1. The van der Waals surface area contributed by atoms with E-state index in [1.807, 2.05) is 30.0 Å². The highest BCUT2D eigenvalue weighted by atomic mass is 16.2. The highest BCUT2D eigenvalue weighted by Gasteiger charge is 2.37. The van der Waals surface area contributed by atoms with Crippen molar-refractivity contribution < 1.29 is 4.79 Å². The van der Waals surface area contributed by atoms with E-state index in [0.29, 0.717) is 17.5 Å². The van der Waals surface area contributed by atoms with Crippen LogP contribution in [0.25, 0.3) is 0 Å². The molecule has 2 aromatic rings. The topological polar surface area (TPSA) is 62.2 Å². The molecule has 2 aliphatic heterocycles. The van der Waals surface area contributed by atoms with Crippen LogP contribution in [-0.4, -0.2) is 51.9 Å². The summed E-state index contributed by atoms with van der Waals surface area (Å²) >= 11 is 0. The van der Waals surface area contributed by atoms with E-state index in [2.05, 4.69) is 19.9 Å².